The number of alkyl halides is 2. The summed E-state index contributed by atoms with van der Waals surface area (Å²) < 4.78 is 55.1. The van der Waals surface area contributed by atoms with E-state index < -0.39 is 28.3 Å². The van der Waals surface area contributed by atoms with Gasteiger partial charge >= 0.3 is 0 Å². The Morgan fingerprint density at radius 3 is 2.56 bits per heavy atom. The molecule has 0 amide bonds. The molecule has 0 unspecified atom stereocenters. The summed E-state index contributed by atoms with van der Waals surface area (Å²) >= 11 is 0. The highest BCUT2D eigenvalue weighted by atomic mass is 32.2. The molecule has 0 heterocycles. The highest BCUT2D eigenvalue weighted by Crippen LogP contribution is 2.48. The first-order chi connectivity index (χ1) is 8.18. The van der Waals surface area contributed by atoms with Crippen LogP contribution in [0.2, 0.25) is 0 Å². The zero-order chi connectivity index (χ0) is 13.7. The maximum absolute atomic E-state index is 13.5. The van der Waals surface area contributed by atoms with Crippen molar-refractivity contribution in [2.45, 2.75) is 23.3 Å². The SMILES string of the molecule is COc1ccc(S(C)(=O)=O)c2c1CC(F)(F)[C@H]2O. The molecular weight excluding hydrogens is 266 g/mol. The molecule has 1 aromatic carbocycles. The van der Waals surface area contributed by atoms with Crippen LogP contribution >= 0.6 is 0 Å². The van der Waals surface area contributed by atoms with Gasteiger partial charge in [-0.05, 0) is 12.1 Å². The lowest BCUT2D eigenvalue weighted by atomic mass is 10.1. The van der Waals surface area contributed by atoms with E-state index >= 15 is 0 Å². The number of benzene rings is 1. The number of rotatable bonds is 2. The lowest BCUT2D eigenvalue weighted by Crippen LogP contribution is -2.22. The summed E-state index contributed by atoms with van der Waals surface area (Å²) in [4.78, 5) is -0.275. The zero-order valence-electron chi connectivity index (χ0n) is 9.78. The van der Waals surface area contributed by atoms with Gasteiger partial charge in [-0.3, -0.25) is 0 Å². The predicted molar refractivity (Wildman–Crippen MR) is 59.7 cm³/mol. The molecule has 4 nitrogen and oxygen atoms in total. The largest absolute Gasteiger partial charge is 0.496 e. The Labute approximate surface area is 103 Å². The third kappa shape index (κ3) is 1.87. The second kappa shape index (κ2) is 3.89. The van der Waals surface area contributed by atoms with Crippen LogP contribution in [0.3, 0.4) is 0 Å². The van der Waals surface area contributed by atoms with E-state index in [1.54, 1.807) is 0 Å². The van der Waals surface area contributed by atoms with E-state index in [1.165, 1.54) is 19.2 Å². The number of aliphatic hydroxyl groups excluding tert-OH is 1. The summed E-state index contributed by atoms with van der Waals surface area (Å²) in [5.74, 6) is -3.22. The second-order valence-electron chi connectivity index (χ2n) is 4.27. The second-order valence-corrected chi connectivity index (χ2v) is 6.25. The summed E-state index contributed by atoms with van der Waals surface area (Å²) in [6, 6.07) is 2.50. The number of ether oxygens (including phenoxy) is 1. The summed E-state index contributed by atoms with van der Waals surface area (Å²) in [6.45, 7) is 0. The Morgan fingerprint density at radius 1 is 1.44 bits per heavy atom. The average molecular weight is 278 g/mol. The molecule has 1 aliphatic carbocycles. The molecule has 7 heteroatoms. The first-order valence-electron chi connectivity index (χ1n) is 5.14. The van der Waals surface area contributed by atoms with E-state index in [-0.39, 0.29) is 21.8 Å². The van der Waals surface area contributed by atoms with E-state index in [0.717, 1.165) is 6.26 Å². The number of methoxy groups -OCH3 is 1. The smallest absolute Gasteiger partial charge is 0.281 e. The van der Waals surface area contributed by atoms with Gasteiger partial charge in [0.2, 0.25) is 0 Å². The highest BCUT2D eigenvalue weighted by molar-refractivity contribution is 7.90. The van der Waals surface area contributed by atoms with Crippen molar-refractivity contribution in [2.24, 2.45) is 0 Å². The van der Waals surface area contributed by atoms with Gasteiger partial charge in [-0.15, -0.1) is 0 Å². The summed E-state index contributed by atoms with van der Waals surface area (Å²) in [6.07, 6.45) is -1.93. The molecule has 0 saturated heterocycles. The van der Waals surface area contributed by atoms with Gasteiger partial charge in [0.25, 0.3) is 5.92 Å². The summed E-state index contributed by atoms with van der Waals surface area (Å²) in [7, 11) is -2.38. The Kier molecular flexibility index (Phi) is 2.86. The molecular formula is C11H12F2O4S. The van der Waals surface area contributed by atoms with Gasteiger partial charge in [0.15, 0.2) is 9.84 Å². The number of aliphatic hydroxyl groups is 1. The van der Waals surface area contributed by atoms with E-state index in [9.17, 15) is 22.3 Å². The van der Waals surface area contributed by atoms with Gasteiger partial charge in [0.05, 0.1) is 12.0 Å². The van der Waals surface area contributed by atoms with Crippen LogP contribution in [0.5, 0.6) is 5.75 Å². The van der Waals surface area contributed by atoms with E-state index in [0.29, 0.717) is 0 Å². The maximum atomic E-state index is 13.5. The quantitative estimate of drug-likeness (QED) is 0.886. The van der Waals surface area contributed by atoms with Crippen LogP contribution < -0.4 is 4.74 Å². The molecule has 0 radical (unpaired) electrons. The zero-order valence-corrected chi connectivity index (χ0v) is 10.6. The minimum atomic E-state index is -3.69. The minimum absolute atomic E-state index is 0.0536. The topological polar surface area (TPSA) is 63.6 Å². The first kappa shape index (κ1) is 13.2. The number of hydrogen-bond acceptors (Lipinski definition) is 4. The van der Waals surface area contributed by atoms with E-state index in [4.69, 9.17) is 4.74 Å². The van der Waals surface area contributed by atoms with Crippen molar-refractivity contribution in [3.05, 3.63) is 23.3 Å². The van der Waals surface area contributed by atoms with Crippen LogP contribution in [0.1, 0.15) is 17.2 Å². The van der Waals surface area contributed by atoms with Crippen LogP contribution in [0.4, 0.5) is 8.78 Å². The van der Waals surface area contributed by atoms with Gasteiger partial charge in [-0.1, -0.05) is 0 Å². The van der Waals surface area contributed by atoms with Crippen LogP contribution in [0.25, 0.3) is 0 Å². The number of hydrogen-bond donors (Lipinski definition) is 1. The van der Waals surface area contributed by atoms with Crippen molar-refractivity contribution in [3.8, 4) is 5.75 Å². The first-order valence-corrected chi connectivity index (χ1v) is 7.03. The van der Waals surface area contributed by atoms with Crippen molar-refractivity contribution in [1.29, 1.82) is 0 Å². The number of sulfone groups is 1. The standard InChI is InChI=1S/C11H12F2O4S/c1-17-7-3-4-8(18(2,15)16)9-6(7)5-11(12,13)10(9)14/h3-4,10,14H,5H2,1-2H3/t10-/m0/s1. The van der Waals surface area contributed by atoms with Crippen molar-refractivity contribution in [1.82, 2.24) is 0 Å². The highest BCUT2D eigenvalue weighted by Gasteiger charge is 2.50. The lowest BCUT2D eigenvalue weighted by Gasteiger charge is -2.15. The fraction of sp³-hybridized carbons (Fsp3) is 0.455. The lowest BCUT2D eigenvalue weighted by molar-refractivity contribution is -0.0976. The fourth-order valence-electron chi connectivity index (χ4n) is 2.16. The van der Waals surface area contributed by atoms with Gasteiger partial charge in [-0.2, -0.15) is 0 Å². The molecule has 1 N–H and O–H groups in total. The van der Waals surface area contributed by atoms with Crippen molar-refractivity contribution in [2.75, 3.05) is 13.4 Å². The van der Waals surface area contributed by atoms with E-state index in [2.05, 4.69) is 0 Å². The van der Waals surface area contributed by atoms with Crippen molar-refractivity contribution >= 4 is 9.84 Å². The molecule has 0 aliphatic heterocycles. The molecule has 0 fully saturated rings. The van der Waals surface area contributed by atoms with Gasteiger partial charge < -0.3 is 9.84 Å². The van der Waals surface area contributed by atoms with Crippen LogP contribution in [0, 0.1) is 0 Å². The van der Waals surface area contributed by atoms with E-state index in [1.807, 2.05) is 0 Å². The van der Waals surface area contributed by atoms with Crippen LogP contribution in [-0.2, 0) is 16.3 Å². The van der Waals surface area contributed by atoms with Crippen molar-refractivity contribution in [3.63, 3.8) is 0 Å². The maximum Gasteiger partial charge on any atom is 0.281 e. The molecule has 0 spiro atoms. The Bertz CT molecular complexity index is 595. The third-order valence-corrected chi connectivity index (χ3v) is 4.13. The molecule has 1 atom stereocenters. The Hall–Kier alpha value is -1.21. The summed E-state index contributed by atoms with van der Waals surface area (Å²) in [5, 5.41) is 9.60. The molecule has 0 aromatic heterocycles. The third-order valence-electron chi connectivity index (χ3n) is 2.98. The molecule has 2 rings (SSSR count). The molecule has 0 bridgehead atoms. The molecule has 1 aliphatic rings. The fourth-order valence-corrected chi connectivity index (χ4v) is 3.11. The van der Waals surface area contributed by atoms with Gasteiger partial charge in [0, 0.05) is 23.8 Å². The van der Waals surface area contributed by atoms with Gasteiger partial charge in [-0.25, -0.2) is 17.2 Å². The number of fused-ring (bicyclic) bond motifs is 1. The summed E-state index contributed by atoms with van der Waals surface area (Å²) in [5.41, 5.74) is -0.195. The monoisotopic (exact) mass is 278 g/mol. The van der Waals surface area contributed by atoms with Crippen LogP contribution in [0.15, 0.2) is 17.0 Å². The normalized spacial score (nSPS) is 21.7. The van der Waals surface area contributed by atoms with Crippen molar-refractivity contribution < 1.29 is 27.0 Å². The average Bonchev–Trinajstić information content (AvgIpc) is 2.48. The molecule has 0 saturated carbocycles. The van der Waals surface area contributed by atoms with Crippen LogP contribution in [-0.4, -0.2) is 32.8 Å². The molecule has 100 valence electrons. The molecule has 1 aromatic rings. The molecule has 18 heavy (non-hydrogen) atoms. The predicted octanol–water partition coefficient (Wildman–Crippen LogP) is 1.32. The van der Waals surface area contributed by atoms with Gasteiger partial charge in [0.1, 0.15) is 11.9 Å². The number of halogens is 2. The Morgan fingerprint density at radius 2 is 2.06 bits per heavy atom. The minimum Gasteiger partial charge on any atom is -0.496 e. The Balaban J connectivity index is 2.76.